The summed E-state index contributed by atoms with van der Waals surface area (Å²) in [6.07, 6.45) is 0.166. The standard InChI is InChI=1S/C13H21N3O4S/c1-3-11(18)15-13-14-9(7-12(19)20)10(21-13)8-16(4-2)5-6-17/h17H,3-8H2,1-2H3,(H,19,20)(H,14,15,18). The predicted molar refractivity (Wildman–Crippen MR) is 80.4 cm³/mol. The zero-order valence-corrected chi connectivity index (χ0v) is 13.1. The molecule has 0 unspecified atom stereocenters. The molecule has 118 valence electrons. The van der Waals surface area contributed by atoms with Crippen LogP contribution in [0.3, 0.4) is 0 Å². The minimum absolute atomic E-state index is 0.0420. The lowest BCUT2D eigenvalue weighted by Crippen LogP contribution is -2.26. The summed E-state index contributed by atoms with van der Waals surface area (Å²) in [4.78, 5) is 29.3. The summed E-state index contributed by atoms with van der Waals surface area (Å²) < 4.78 is 0. The summed E-state index contributed by atoms with van der Waals surface area (Å²) in [5.74, 6) is -1.11. The molecule has 8 heteroatoms. The van der Waals surface area contributed by atoms with E-state index in [0.717, 1.165) is 11.4 Å². The lowest BCUT2D eigenvalue weighted by Gasteiger charge is -2.18. The summed E-state index contributed by atoms with van der Waals surface area (Å²) in [5.41, 5.74) is 0.468. The van der Waals surface area contributed by atoms with Crippen molar-refractivity contribution in [1.82, 2.24) is 9.88 Å². The molecule has 1 aromatic heterocycles. The average Bonchev–Trinajstić information content (AvgIpc) is 2.78. The molecule has 0 saturated carbocycles. The second-order valence-electron chi connectivity index (χ2n) is 4.45. The Hall–Kier alpha value is -1.51. The summed E-state index contributed by atoms with van der Waals surface area (Å²) in [5, 5.41) is 21.0. The van der Waals surface area contributed by atoms with Gasteiger partial charge in [0.25, 0.3) is 0 Å². The van der Waals surface area contributed by atoms with Gasteiger partial charge in [-0.05, 0) is 6.54 Å². The van der Waals surface area contributed by atoms with E-state index >= 15 is 0 Å². The number of hydrogen-bond donors (Lipinski definition) is 3. The number of aliphatic hydroxyl groups is 1. The van der Waals surface area contributed by atoms with Gasteiger partial charge in [-0.15, -0.1) is 11.3 Å². The van der Waals surface area contributed by atoms with Crippen LogP contribution >= 0.6 is 11.3 Å². The van der Waals surface area contributed by atoms with Crippen LogP contribution in [0.5, 0.6) is 0 Å². The van der Waals surface area contributed by atoms with Gasteiger partial charge in [-0.3, -0.25) is 14.5 Å². The second kappa shape index (κ2) is 8.71. The van der Waals surface area contributed by atoms with E-state index in [1.807, 2.05) is 11.8 Å². The highest BCUT2D eigenvalue weighted by Crippen LogP contribution is 2.25. The molecule has 0 aliphatic rings. The first-order valence-electron chi connectivity index (χ1n) is 6.83. The molecular weight excluding hydrogens is 294 g/mol. The number of aliphatic carboxylic acids is 1. The maximum absolute atomic E-state index is 11.4. The van der Waals surface area contributed by atoms with Gasteiger partial charge in [0.1, 0.15) is 0 Å². The first-order valence-corrected chi connectivity index (χ1v) is 7.65. The molecule has 21 heavy (non-hydrogen) atoms. The van der Waals surface area contributed by atoms with Crippen molar-refractivity contribution < 1.29 is 19.8 Å². The van der Waals surface area contributed by atoms with Crippen molar-refractivity contribution in [3.05, 3.63) is 10.6 Å². The van der Waals surface area contributed by atoms with Crippen LogP contribution in [0.2, 0.25) is 0 Å². The number of amides is 1. The number of anilines is 1. The van der Waals surface area contributed by atoms with E-state index in [4.69, 9.17) is 10.2 Å². The molecule has 7 nitrogen and oxygen atoms in total. The van der Waals surface area contributed by atoms with Crippen LogP contribution in [0.1, 0.15) is 30.8 Å². The quantitative estimate of drug-likeness (QED) is 0.626. The lowest BCUT2D eigenvalue weighted by atomic mass is 10.2. The molecule has 1 amide bonds. The van der Waals surface area contributed by atoms with Gasteiger partial charge in [0.05, 0.1) is 18.7 Å². The van der Waals surface area contributed by atoms with E-state index < -0.39 is 5.97 Å². The first-order chi connectivity index (χ1) is 9.99. The topological polar surface area (TPSA) is 103 Å². The fraction of sp³-hybridized carbons (Fsp3) is 0.615. The number of thiazole rings is 1. The molecule has 0 aliphatic carbocycles. The lowest BCUT2D eigenvalue weighted by molar-refractivity contribution is -0.136. The van der Waals surface area contributed by atoms with Crippen molar-refractivity contribution >= 4 is 28.3 Å². The molecule has 0 fully saturated rings. The molecule has 0 radical (unpaired) electrons. The predicted octanol–water partition coefficient (Wildman–Crippen LogP) is 0.933. The van der Waals surface area contributed by atoms with E-state index in [0.29, 0.717) is 30.3 Å². The van der Waals surface area contributed by atoms with Crippen molar-refractivity contribution in [2.45, 2.75) is 33.2 Å². The number of nitrogens with zero attached hydrogens (tertiary/aromatic N) is 2. The highest BCUT2D eigenvalue weighted by Gasteiger charge is 2.17. The molecule has 1 aromatic rings. The zero-order chi connectivity index (χ0) is 15.8. The van der Waals surface area contributed by atoms with Gasteiger partial charge in [-0.2, -0.15) is 0 Å². The molecule has 1 heterocycles. The Morgan fingerprint density at radius 3 is 2.62 bits per heavy atom. The van der Waals surface area contributed by atoms with Gasteiger partial charge in [-0.25, -0.2) is 4.98 Å². The van der Waals surface area contributed by atoms with Crippen LogP contribution in [0, 0.1) is 0 Å². The van der Waals surface area contributed by atoms with Crippen LogP contribution in [-0.2, 0) is 22.6 Å². The number of carbonyl (C=O) groups is 2. The van der Waals surface area contributed by atoms with Gasteiger partial charge in [0.2, 0.25) is 5.91 Å². The van der Waals surface area contributed by atoms with E-state index in [2.05, 4.69) is 10.3 Å². The number of hydrogen-bond acceptors (Lipinski definition) is 6. The maximum atomic E-state index is 11.4. The number of aliphatic hydroxyl groups excluding tert-OH is 1. The van der Waals surface area contributed by atoms with Gasteiger partial charge < -0.3 is 15.5 Å². The van der Waals surface area contributed by atoms with Gasteiger partial charge in [-0.1, -0.05) is 13.8 Å². The van der Waals surface area contributed by atoms with Crippen molar-refractivity contribution in [1.29, 1.82) is 0 Å². The first kappa shape index (κ1) is 17.5. The summed E-state index contributed by atoms with van der Waals surface area (Å²) in [6, 6.07) is 0. The minimum Gasteiger partial charge on any atom is -0.481 e. The molecule has 0 spiro atoms. The molecule has 1 rings (SSSR count). The second-order valence-corrected chi connectivity index (χ2v) is 5.54. The van der Waals surface area contributed by atoms with Crippen LogP contribution in [0.4, 0.5) is 5.13 Å². The highest BCUT2D eigenvalue weighted by atomic mass is 32.1. The van der Waals surface area contributed by atoms with Crippen molar-refractivity contribution in [2.24, 2.45) is 0 Å². The summed E-state index contributed by atoms with van der Waals surface area (Å²) in [7, 11) is 0. The molecule has 0 saturated heterocycles. The summed E-state index contributed by atoms with van der Waals surface area (Å²) >= 11 is 1.29. The third-order valence-corrected chi connectivity index (χ3v) is 3.89. The molecule has 0 atom stereocenters. The minimum atomic E-state index is -0.958. The molecular formula is C13H21N3O4S. The molecule has 0 aromatic carbocycles. The Morgan fingerprint density at radius 1 is 1.38 bits per heavy atom. The van der Waals surface area contributed by atoms with Crippen LogP contribution < -0.4 is 5.32 Å². The van der Waals surface area contributed by atoms with E-state index in [1.165, 1.54) is 11.3 Å². The van der Waals surface area contributed by atoms with Gasteiger partial charge in [0.15, 0.2) is 5.13 Å². The fourth-order valence-electron chi connectivity index (χ4n) is 1.74. The Morgan fingerprint density at radius 2 is 2.10 bits per heavy atom. The van der Waals surface area contributed by atoms with E-state index in [9.17, 15) is 9.59 Å². The Bertz CT molecular complexity index is 490. The van der Waals surface area contributed by atoms with Crippen molar-refractivity contribution in [3.8, 4) is 0 Å². The monoisotopic (exact) mass is 315 g/mol. The third-order valence-electron chi connectivity index (χ3n) is 2.90. The molecule has 0 bridgehead atoms. The average molecular weight is 315 g/mol. The van der Waals surface area contributed by atoms with E-state index in [1.54, 1.807) is 6.92 Å². The van der Waals surface area contributed by atoms with Crippen LogP contribution in [0.25, 0.3) is 0 Å². The molecule has 3 N–H and O–H groups in total. The highest BCUT2D eigenvalue weighted by molar-refractivity contribution is 7.15. The van der Waals surface area contributed by atoms with Crippen molar-refractivity contribution in [2.75, 3.05) is 25.0 Å². The Labute approximate surface area is 127 Å². The fourth-order valence-corrected chi connectivity index (χ4v) is 2.78. The SMILES string of the molecule is CCC(=O)Nc1nc(CC(=O)O)c(CN(CC)CCO)s1. The smallest absolute Gasteiger partial charge is 0.309 e. The van der Waals surface area contributed by atoms with Gasteiger partial charge >= 0.3 is 5.97 Å². The normalized spacial score (nSPS) is 10.9. The van der Waals surface area contributed by atoms with Crippen LogP contribution in [-0.4, -0.2) is 51.7 Å². The number of carbonyl (C=O) groups excluding carboxylic acids is 1. The Kier molecular flexibility index (Phi) is 7.27. The number of aromatic nitrogens is 1. The third kappa shape index (κ3) is 5.78. The number of rotatable bonds is 9. The zero-order valence-electron chi connectivity index (χ0n) is 12.3. The van der Waals surface area contributed by atoms with Gasteiger partial charge in [0, 0.05) is 24.4 Å². The number of carboxylic acids is 1. The van der Waals surface area contributed by atoms with E-state index in [-0.39, 0.29) is 18.9 Å². The number of carboxylic acid groups (broad SMARTS) is 1. The van der Waals surface area contributed by atoms with Crippen molar-refractivity contribution in [3.63, 3.8) is 0 Å². The van der Waals surface area contributed by atoms with Crippen LogP contribution in [0.15, 0.2) is 0 Å². The number of likely N-dealkylation sites (N-methyl/N-ethyl adjacent to an activating group) is 1. The maximum Gasteiger partial charge on any atom is 0.309 e. The largest absolute Gasteiger partial charge is 0.481 e. The number of nitrogens with one attached hydrogen (secondary N) is 1. The Balaban J connectivity index is 2.92. The summed E-state index contributed by atoms with van der Waals surface area (Å²) in [6.45, 7) is 5.51. The molecule has 0 aliphatic heterocycles.